The van der Waals surface area contributed by atoms with E-state index in [2.05, 4.69) is 146 Å². The Morgan fingerprint density at radius 1 is 0.260 bits per heavy atom. The average molecular weight is 1480 g/mol. The third-order valence-electron chi connectivity index (χ3n) is 11.5. The molecule has 0 radical (unpaired) electrons. The third kappa shape index (κ3) is 17.5. The Kier molecular flexibility index (Phi) is 26.9. The first kappa shape index (κ1) is 63.5. The number of thioether (sulfide) groups is 24. The van der Waals surface area contributed by atoms with Gasteiger partial charge in [-0.3, -0.25) is 0 Å². The van der Waals surface area contributed by atoms with Crippen molar-refractivity contribution in [3.63, 3.8) is 0 Å². The minimum absolute atomic E-state index is 1.25. The summed E-state index contributed by atoms with van der Waals surface area (Å²) in [6, 6.07) is 4.64. The summed E-state index contributed by atoms with van der Waals surface area (Å²) in [6.07, 6.45) is 26.3. The fraction of sp³-hybridized carbons (Fsp3) is 0.462. The predicted octanol–water partition coefficient (Wildman–Crippen LogP) is 29.7. The van der Waals surface area contributed by atoms with E-state index < -0.39 is 0 Å². The van der Waals surface area contributed by atoms with E-state index in [1.165, 1.54) is 212 Å². The quantitative estimate of drug-likeness (QED) is 0.0808. The van der Waals surface area contributed by atoms with Crippen LogP contribution in [0.4, 0.5) is 0 Å². The first-order chi connectivity index (χ1) is 37.9. The molecule has 0 N–H and O–H groups in total. The van der Waals surface area contributed by atoms with Gasteiger partial charge in [-0.2, -0.15) is 0 Å². The largest absolute Gasteiger partial charge is 0.136 e. The molecule has 0 saturated heterocycles. The van der Waals surface area contributed by atoms with Crippen LogP contribution in [0.25, 0.3) is 12.2 Å². The summed E-state index contributed by atoms with van der Waals surface area (Å²) in [7, 11) is 0. The molecule has 0 bridgehead atoms. The molecule has 1 aromatic heterocycles. The first-order valence-corrected chi connectivity index (χ1v) is 47.0. The fourth-order valence-corrected chi connectivity index (χ4v) is 47.2. The molecule has 0 fully saturated rings. The molecule has 25 heteroatoms. The van der Waals surface area contributed by atoms with E-state index in [0.717, 1.165) is 0 Å². The summed E-state index contributed by atoms with van der Waals surface area (Å²) in [5, 5.41) is 0. The fourth-order valence-electron chi connectivity index (χ4n) is 7.59. The molecular weight excluding hydrogens is 1430 g/mol. The monoisotopic (exact) mass is 1480 g/mol. The van der Waals surface area contributed by atoms with E-state index in [9.17, 15) is 0 Å². The Morgan fingerprint density at radius 3 is 0.688 bits per heavy atom. The van der Waals surface area contributed by atoms with Gasteiger partial charge in [0.1, 0.15) is 0 Å². The van der Waals surface area contributed by atoms with Crippen molar-refractivity contribution in [1.82, 2.24) is 0 Å². The zero-order valence-corrected chi connectivity index (χ0v) is 63.1. The van der Waals surface area contributed by atoms with Crippen molar-refractivity contribution in [3.05, 3.63) is 115 Å². The van der Waals surface area contributed by atoms with Crippen LogP contribution in [0.1, 0.15) is 140 Å². The van der Waals surface area contributed by atoms with Gasteiger partial charge in [-0.25, -0.2) is 0 Å². The van der Waals surface area contributed by atoms with Crippen molar-refractivity contribution in [2.45, 2.75) is 130 Å². The van der Waals surface area contributed by atoms with Crippen molar-refractivity contribution in [3.8, 4) is 0 Å². The van der Waals surface area contributed by atoms with E-state index in [1.807, 2.05) is 200 Å². The molecule has 10 aliphatic rings. The van der Waals surface area contributed by atoms with E-state index in [-0.39, 0.29) is 0 Å². The Balaban J connectivity index is 0.616. The van der Waals surface area contributed by atoms with Gasteiger partial charge in [0.25, 0.3) is 0 Å². The van der Waals surface area contributed by atoms with Crippen molar-refractivity contribution < 1.29 is 0 Å². The first-order valence-electron chi connectivity index (χ1n) is 25.9. The van der Waals surface area contributed by atoms with Crippen molar-refractivity contribution in [2.75, 3.05) is 23.0 Å². The molecule has 0 unspecified atom stereocenters. The standard InChI is InChI=1S/C52H56S25/c1-5-9-13-17-23-53-33-34(54-24-18-14-10-6-2)63-41(62-33)43-70-49-50(71-43)75-47(74-49)45-66-37-38(67-45)59-31(58-37)27-29-21-22-30(57-29)28-32-60-39-40(61-32)69-46(68-39)48-76-51-52(77-48)73-44(72-51)42-64-35(55-25-19-15-11-7-3)36(65-42)56-26-20-16-12-8-4/h21-22,27-28H,5-20,23-26H2,1-4H3. The van der Waals surface area contributed by atoms with Crippen LogP contribution in [-0.4, -0.2) is 23.0 Å². The molecule has 0 spiro atoms. The number of rotatable bonds is 26. The lowest BCUT2D eigenvalue weighted by Crippen LogP contribution is -1.83. The van der Waals surface area contributed by atoms with Gasteiger partial charge in [0.05, 0.1) is 93.2 Å². The SMILES string of the molecule is CCCCCCSC1=C(SCCCCCC)SC(=C2SC3=C(S2)SC(=C2SC4=C(SC(=Cc5ccc(C=C6SC7=C(S6)SC(=C6SC8=C(SC(=C9SC(SCCCCCC)=C(SCCCCCC)S9)S8)S6)S7)s5)S4)S2)S3)S1. The highest BCUT2D eigenvalue weighted by atomic mass is 32.3. The van der Waals surface area contributed by atoms with Gasteiger partial charge in [-0.1, -0.05) is 340 Å². The zero-order valence-electron chi connectivity index (χ0n) is 42.7. The van der Waals surface area contributed by atoms with Gasteiger partial charge < -0.3 is 0 Å². The Bertz CT molecular complexity index is 2490. The zero-order chi connectivity index (χ0) is 52.5. The second-order valence-electron chi connectivity index (χ2n) is 17.6. The highest BCUT2D eigenvalue weighted by Crippen LogP contribution is 2.77. The van der Waals surface area contributed by atoms with Crippen molar-refractivity contribution in [2.24, 2.45) is 0 Å². The molecule has 1 aromatic rings. The molecule has 77 heavy (non-hydrogen) atoms. The van der Waals surface area contributed by atoms with Gasteiger partial charge in [0.2, 0.25) is 0 Å². The average Bonchev–Trinajstić information content (AvgIpc) is 4.24. The molecule has 0 nitrogen and oxygen atoms in total. The molecular formula is C52H56S25. The molecule has 0 saturated carbocycles. The van der Waals surface area contributed by atoms with Gasteiger partial charge >= 0.3 is 0 Å². The van der Waals surface area contributed by atoms with Gasteiger partial charge in [0.15, 0.2) is 0 Å². The summed E-state index contributed by atoms with van der Waals surface area (Å²) in [6.45, 7) is 9.24. The normalized spacial score (nSPS) is 21.4. The molecule has 0 aromatic carbocycles. The lowest BCUT2D eigenvalue weighted by molar-refractivity contribution is 0.707. The highest BCUT2D eigenvalue weighted by molar-refractivity contribution is 8.54. The third-order valence-corrected chi connectivity index (χ3v) is 48.2. The number of hydrogen-bond acceptors (Lipinski definition) is 25. The Labute approximate surface area is 565 Å². The van der Waals surface area contributed by atoms with E-state index in [1.54, 1.807) is 16.9 Å². The van der Waals surface area contributed by atoms with Gasteiger partial charge in [0, 0.05) is 9.75 Å². The van der Waals surface area contributed by atoms with Crippen LogP contribution < -0.4 is 0 Å². The Hall–Kier alpha value is 4.98. The Morgan fingerprint density at radius 2 is 0.468 bits per heavy atom. The highest BCUT2D eigenvalue weighted by Gasteiger charge is 2.41. The molecule has 10 aliphatic heterocycles. The van der Waals surface area contributed by atoms with Crippen LogP contribution in [0, 0.1) is 0 Å². The summed E-state index contributed by atoms with van der Waals surface area (Å²) in [5.41, 5.74) is 0. The van der Waals surface area contributed by atoms with Crippen molar-refractivity contribution >= 4 is 306 Å². The van der Waals surface area contributed by atoms with Gasteiger partial charge in [-0.05, 0) is 73.0 Å². The molecule has 414 valence electrons. The summed E-state index contributed by atoms with van der Waals surface area (Å²) < 4.78 is 33.0. The van der Waals surface area contributed by atoms with E-state index >= 15 is 0 Å². The molecule has 0 atom stereocenters. The van der Waals surface area contributed by atoms with E-state index in [4.69, 9.17) is 0 Å². The topological polar surface area (TPSA) is 0 Å². The maximum atomic E-state index is 2.42. The van der Waals surface area contributed by atoms with Crippen LogP contribution >= 0.6 is 294 Å². The maximum absolute atomic E-state index is 2.42. The predicted molar refractivity (Wildman–Crippen MR) is 409 cm³/mol. The van der Waals surface area contributed by atoms with Crippen LogP contribution in [0.15, 0.2) is 105 Å². The number of unbranched alkanes of at least 4 members (excludes halogenated alkanes) is 12. The lowest BCUT2D eigenvalue weighted by atomic mass is 10.2. The van der Waals surface area contributed by atoms with Crippen LogP contribution in [-0.2, 0) is 0 Å². The molecule has 11 heterocycles. The second kappa shape index (κ2) is 32.6. The summed E-state index contributed by atoms with van der Waals surface area (Å²) >= 11 is 50.9. The van der Waals surface area contributed by atoms with Crippen molar-refractivity contribution in [1.29, 1.82) is 0 Å². The summed E-state index contributed by atoms with van der Waals surface area (Å²) in [4.78, 5) is 2.69. The lowest BCUT2D eigenvalue weighted by Gasteiger charge is -2.08. The molecule has 11 rings (SSSR count). The number of hydrogen-bond donors (Lipinski definition) is 0. The summed E-state index contributed by atoms with van der Waals surface area (Å²) in [5.74, 6) is 5.01. The molecule has 0 aliphatic carbocycles. The minimum Gasteiger partial charge on any atom is -0.136 e. The van der Waals surface area contributed by atoms with E-state index in [0.29, 0.717) is 0 Å². The van der Waals surface area contributed by atoms with Gasteiger partial charge in [-0.15, -0.1) is 58.4 Å². The molecule has 0 amide bonds. The van der Waals surface area contributed by atoms with Crippen LogP contribution in [0.3, 0.4) is 0 Å². The number of thiophene rings is 1. The minimum atomic E-state index is 1.25. The second-order valence-corrected chi connectivity index (χ2v) is 49.4. The van der Waals surface area contributed by atoms with Crippen LogP contribution in [0.5, 0.6) is 0 Å². The van der Waals surface area contributed by atoms with Crippen LogP contribution in [0.2, 0.25) is 0 Å². The maximum Gasteiger partial charge on any atom is 0.0718 e. The smallest absolute Gasteiger partial charge is 0.0718 e.